The van der Waals surface area contributed by atoms with Crippen molar-refractivity contribution in [2.45, 2.75) is 37.1 Å². The smallest absolute Gasteiger partial charge is 0.255 e. The number of benzene rings is 1. The molecule has 1 saturated heterocycles. The maximum atomic E-state index is 12.7. The number of hydrogen-bond donors (Lipinski definition) is 2. The van der Waals surface area contributed by atoms with Gasteiger partial charge in [0, 0.05) is 5.39 Å². The Morgan fingerprint density at radius 2 is 1.89 bits per heavy atom. The van der Waals surface area contributed by atoms with Crippen LogP contribution in [0, 0.1) is 6.92 Å². The number of para-hydroxylation sites is 1. The topological polar surface area (TPSA) is 123 Å². The second-order valence-corrected chi connectivity index (χ2v) is 11.4. The van der Waals surface area contributed by atoms with Crippen LogP contribution >= 0.6 is 0 Å². The minimum absolute atomic E-state index is 0.286. The van der Waals surface area contributed by atoms with E-state index in [0.717, 1.165) is 5.39 Å². The summed E-state index contributed by atoms with van der Waals surface area (Å²) < 4.78 is 56.6. The zero-order valence-corrected chi connectivity index (χ0v) is 16.3. The molecule has 2 N–H and O–H groups in total. The van der Waals surface area contributed by atoms with E-state index in [9.17, 15) is 21.6 Å². The molecule has 146 valence electrons. The normalized spacial score (nSPS) is 24.9. The first kappa shape index (κ1) is 18.5. The molecule has 10 heteroatoms. The number of carbonyl (C=O) groups is 1. The summed E-state index contributed by atoms with van der Waals surface area (Å²) in [6.45, 7) is 1.77. The molecule has 2 aliphatic rings. The molecule has 1 aliphatic heterocycles. The number of fused-ring (bicyclic) bond motifs is 1. The molecule has 1 aliphatic carbocycles. The Balaban J connectivity index is 1.58. The SMILES string of the molecule is Cc1cc2cccc(C(=O)N[C@@H]3CS(=O)(=O)C[C@H]3NS(=O)(=O)C3CC3)c2o1. The van der Waals surface area contributed by atoms with Gasteiger partial charge < -0.3 is 9.73 Å². The van der Waals surface area contributed by atoms with Gasteiger partial charge in [-0.2, -0.15) is 0 Å². The van der Waals surface area contributed by atoms with Gasteiger partial charge in [0.1, 0.15) is 11.3 Å². The molecular formula is C17H20N2O6S2. The Morgan fingerprint density at radius 1 is 1.19 bits per heavy atom. The standard InChI is InChI=1S/C17H20N2O6S2/c1-10-7-11-3-2-4-13(16(11)25-10)17(20)18-14-8-26(21,22)9-15(14)19-27(23,24)12-5-6-12/h2-4,7,12,14-15,19H,5-6,8-9H2,1H3,(H,18,20)/t14-,15-/m1/s1. The maximum absolute atomic E-state index is 12.7. The van der Waals surface area contributed by atoms with E-state index in [2.05, 4.69) is 10.0 Å². The van der Waals surface area contributed by atoms with E-state index in [1.807, 2.05) is 6.07 Å². The fourth-order valence-corrected chi connectivity index (χ4v) is 6.99. The van der Waals surface area contributed by atoms with Crippen LogP contribution in [0.5, 0.6) is 0 Å². The molecule has 2 aromatic rings. The summed E-state index contributed by atoms with van der Waals surface area (Å²) in [7, 11) is -7.02. The van der Waals surface area contributed by atoms with Crippen molar-refractivity contribution in [1.29, 1.82) is 0 Å². The summed E-state index contributed by atoms with van der Waals surface area (Å²) in [5.41, 5.74) is 0.706. The second-order valence-electron chi connectivity index (χ2n) is 7.21. The third kappa shape index (κ3) is 3.74. The molecule has 1 amide bonds. The minimum atomic E-state index is -3.57. The number of sulfone groups is 1. The second kappa shape index (κ2) is 6.32. The van der Waals surface area contributed by atoms with Crippen LogP contribution in [-0.4, -0.2) is 51.6 Å². The number of rotatable bonds is 5. The lowest BCUT2D eigenvalue weighted by atomic mass is 10.1. The summed E-state index contributed by atoms with van der Waals surface area (Å²) in [4.78, 5) is 12.7. The molecule has 1 aromatic heterocycles. The van der Waals surface area contributed by atoms with Gasteiger partial charge in [-0.25, -0.2) is 21.6 Å². The van der Waals surface area contributed by atoms with E-state index in [-0.39, 0.29) is 17.1 Å². The minimum Gasteiger partial charge on any atom is -0.461 e. The first-order chi connectivity index (χ1) is 12.6. The number of carbonyl (C=O) groups excluding carboxylic acids is 1. The van der Waals surface area contributed by atoms with Crippen LogP contribution in [0.1, 0.15) is 29.0 Å². The molecular weight excluding hydrogens is 392 g/mol. The maximum Gasteiger partial charge on any atom is 0.255 e. The van der Waals surface area contributed by atoms with Crippen molar-refractivity contribution in [2.75, 3.05) is 11.5 Å². The van der Waals surface area contributed by atoms with Crippen molar-refractivity contribution in [1.82, 2.24) is 10.0 Å². The highest BCUT2D eigenvalue weighted by molar-refractivity contribution is 7.92. The number of hydrogen-bond acceptors (Lipinski definition) is 6. The van der Waals surface area contributed by atoms with Crippen molar-refractivity contribution < 1.29 is 26.0 Å². The van der Waals surface area contributed by atoms with Gasteiger partial charge in [0.2, 0.25) is 10.0 Å². The van der Waals surface area contributed by atoms with E-state index in [0.29, 0.717) is 24.2 Å². The summed E-state index contributed by atoms with van der Waals surface area (Å²) >= 11 is 0. The number of nitrogens with one attached hydrogen (secondary N) is 2. The van der Waals surface area contributed by atoms with Gasteiger partial charge in [-0.15, -0.1) is 0 Å². The molecule has 2 fully saturated rings. The summed E-state index contributed by atoms with van der Waals surface area (Å²) in [6.07, 6.45) is 1.15. The van der Waals surface area contributed by atoms with Gasteiger partial charge in [0.15, 0.2) is 9.84 Å². The Hall–Kier alpha value is -1.91. The lowest BCUT2D eigenvalue weighted by molar-refractivity contribution is 0.0937. The van der Waals surface area contributed by atoms with Crippen LogP contribution in [-0.2, 0) is 19.9 Å². The zero-order valence-electron chi connectivity index (χ0n) is 14.6. The van der Waals surface area contributed by atoms with Crippen LogP contribution in [0.15, 0.2) is 28.7 Å². The lowest BCUT2D eigenvalue weighted by Gasteiger charge is -2.20. The Morgan fingerprint density at radius 3 is 2.59 bits per heavy atom. The molecule has 1 saturated carbocycles. The van der Waals surface area contributed by atoms with Crippen molar-refractivity contribution in [3.63, 3.8) is 0 Å². The van der Waals surface area contributed by atoms with Crippen molar-refractivity contribution in [3.8, 4) is 0 Å². The van der Waals surface area contributed by atoms with Gasteiger partial charge >= 0.3 is 0 Å². The molecule has 27 heavy (non-hydrogen) atoms. The molecule has 0 radical (unpaired) electrons. The van der Waals surface area contributed by atoms with Crippen LogP contribution < -0.4 is 10.0 Å². The van der Waals surface area contributed by atoms with Gasteiger partial charge in [-0.05, 0) is 31.9 Å². The third-order valence-corrected chi connectivity index (χ3v) is 8.57. The highest BCUT2D eigenvalue weighted by atomic mass is 32.2. The monoisotopic (exact) mass is 412 g/mol. The van der Waals surface area contributed by atoms with Gasteiger partial charge in [-0.3, -0.25) is 4.79 Å². The fourth-order valence-electron chi connectivity index (χ4n) is 3.41. The molecule has 0 spiro atoms. The van der Waals surface area contributed by atoms with Crippen molar-refractivity contribution >= 4 is 36.7 Å². The summed E-state index contributed by atoms with van der Waals surface area (Å²) in [5, 5.41) is 2.99. The molecule has 1 aromatic carbocycles. The van der Waals surface area contributed by atoms with Crippen LogP contribution in [0.4, 0.5) is 0 Å². The highest BCUT2D eigenvalue weighted by Crippen LogP contribution is 2.29. The quantitative estimate of drug-likeness (QED) is 0.746. The lowest BCUT2D eigenvalue weighted by Crippen LogP contribution is -2.51. The Kier molecular flexibility index (Phi) is 4.32. The van der Waals surface area contributed by atoms with Gasteiger partial charge in [0.25, 0.3) is 5.91 Å². The summed E-state index contributed by atoms with van der Waals surface area (Å²) in [6, 6.07) is 5.22. The summed E-state index contributed by atoms with van der Waals surface area (Å²) in [5.74, 6) is -0.464. The molecule has 0 unspecified atom stereocenters. The van der Waals surface area contributed by atoms with Gasteiger partial charge in [-0.1, -0.05) is 12.1 Å². The molecule has 8 nitrogen and oxygen atoms in total. The first-order valence-corrected chi connectivity index (χ1v) is 12.0. The number of sulfonamides is 1. The van der Waals surface area contributed by atoms with Crippen LogP contribution in [0.25, 0.3) is 11.0 Å². The molecule has 0 bridgehead atoms. The largest absolute Gasteiger partial charge is 0.461 e. The average molecular weight is 412 g/mol. The van der Waals surface area contributed by atoms with Crippen molar-refractivity contribution in [2.24, 2.45) is 0 Å². The molecule has 2 atom stereocenters. The van der Waals surface area contributed by atoms with Crippen LogP contribution in [0.2, 0.25) is 0 Å². The number of aryl methyl sites for hydroxylation is 1. The Bertz CT molecular complexity index is 1120. The molecule has 2 heterocycles. The van der Waals surface area contributed by atoms with E-state index >= 15 is 0 Å². The predicted molar refractivity (Wildman–Crippen MR) is 99.7 cm³/mol. The van der Waals surface area contributed by atoms with E-state index in [1.165, 1.54) is 0 Å². The van der Waals surface area contributed by atoms with E-state index < -0.39 is 43.1 Å². The van der Waals surface area contributed by atoms with E-state index in [1.54, 1.807) is 25.1 Å². The number of furan rings is 1. The number of amides is 1. The predicted octanol–water partition coefficient (Wildman–Crippen LogP) is 0.718. The van der Waals surface area contributed by atoms with E-state index in [4.69, 9.17) is 4.42 Å². The fraction of sp³-hybridized carbons (Fsp3) is 0.471. The zero-order chi connectivity index (χ0) is 19.4. The van der Waals surface area contributed by atoms with Crippen molar-refractivity contribution in [3.05, 3.63) is 35.6 Å². The highest BCUT2D eigenvalue weighted by Gasteiger charge is 2.44. The Labute approximate surface area is 157 Å². The van der Waals surface area contributed by atoms with Gasteiger partial charge in [0.05, 0.1) is 34.4 Å². The third-order valence-electron chi connectivity index (χ3n) is 4.86. The average Bonchev–Trinajstić information content (AvgIpc) is 3.29. The first-order valence-electron chi connectivity index (χ1n) is 8.66. The van der Waals surface area contributed by atoms with Crippen LogP contribution in [0.3, 0.4) is 0 Å². The molecule has 4 rings (SSSR count).